The van der Waals surface area contributed by atoms with Crippen molar-refractivity contribution in [3.05, 3.63) is 77.1 Å². The Morgan fingerprint density at radius 3 is 2.08 bits per heavy atom. The number of hydrogen-bond acceptors (Lipinski definition) is 4. The molecule has 5 rings (SSSR count). The van der Waals surface area contributed by atoms with Crippen molar-refractivity contribution >= 4 is 32.6 Å². The van der Waals surface area contributed by atoms with Crippen LogP contribution in [-0.4, -0.2) is 27.4 Å². The van der Waals surface area contributed by atoms with Crippen molar-refractivity contribution in [3.8, 4) is 23.5 Å². The van der Waals surface area contributed by atoms with Crippen molar-refractivity contribution in [1.82, 2.24) is 9.97 Å². The molecule has 0 fully saturated rings. The highest BCUT2D eigenvalue weighted by atomic mass is 19.4. The summed E-state index contributed by atoms with van der Waals surface area (Å²) in [6.45, 7) is 0. The first-order chi connectivity index (χ1) is 17.8. The molecule has 0 spiro atoms. The Bertz CT molecular complexity index is 1840. The highest BCUT2D eigenvalue weighted by Crippen LogP contribution is 2.51. The number of fused-ring (bicyclic) bond motifs is 6. The average molecular weight is 528 g/mol. The lowest BCUT2D eigenvalue weighted by Gasteiger charge is -2.32. The molecule has 12 heteroatoms. The normalized spacial score (nSPS) is 12.7. The molecule has 0 saturated heterocycles. The van der Waals surface area contributed by atoms with Crippen molar-refractivity contribution in [2.75, 3.05) is 0 Å². The molecule has 0 unspecified atom stereocenters. The summed E-state index contributed by atoms with van der Waals surface area (Å²) in [4.78, 5) is 7.23. The van der Waals surface area contributed by atoms with Crippen LogP contribution < -0.4 is 0 Å². The number of nitrogens with one attached hydrogen (secondary N) is 1. The number of aromatic nitrogens is 2. The van der Waals surface area contributed by atoms with Gasteiger partial charge in [-0.2, -0.15) is 36.9 Å². The van der Waals surface area contributed by atoms with E-state index in [-0.39, 0.29) is 55.1 Å². The summed E-state index contributed by atoms with van der Waals surface area (Å²) in [5, 5.41) is 28.9. The molecule has 5 nitrogen and oxygen atoms in total. The lowest BCUT2D eigenvalue weighted by molar-refractivity contribution is -0.376. The number of nitrogens with zero attached hydrogens (tertiary/aromatic N) is 3. The van der Waals surface area contributed by atoms with Gasteiger partial charge < -0.3 is 10.1 Å². The van der Waals surface area contributed by atoms with Gasteiger partial charge in [-0.3, -0.25) is 0 Å². The zero-order chi connectivity index (χ0) is 27.6. The first-order valence-corrected chi connectivity index (χ1v) is 10.7. The summed E-state index contributed by atoms with van der Waals surface area (Å²) in [6.07, 6.45) is -12.2. The molecule has 0 amide bonds. The number of aliphatic hydroxyl groups is 1. The summed E-state index contributed by atoms with van der Waals surface area (Å²) >= 11 is 0. The van der Waals surface area contributed by atoms with Crippen molar-refractivity contribution in [3.63, 3.8) is 0 Å². The molecule has 0 bridgehead atoms. The van der Waals surface area contributed by atoms with Gasteiger partial charge in [0.1, 0.15) is 11.6 Å². The standard InChI is InChI=1S/C26H11F7N4O/c27-19-3-1-2-13(11-35)20(19)23-36-21-15-6-4-12(10-34)8-17(15)18-9-14(5-7-16(18)22(21)37-23)24(38,25(28,29)30)26(31,32)33/h1-9,38H,(H,36,37). The Kier molecular flexibility index (Phi) is 5.37. The second-order valence-corrected chi connectivity index (χ2v) is 8.42. The van der Waals surface area contributed by atoms with Crippen LogP contribution in [0.2, 0.25) is 0 Å². The van der Waals surface area contributed by atoms with Crippen molar-refractivity contribution < 1.29 is 35.8 Å². The van der Waals surface area contributed by atoms with Crippen molar-refractivity contribution in [2.45, 2.75) is 18.0 Å². The lowest BCUT2D eigenvalue weighted by atomic mass is 9.88. The summed E-state index contributed by atoms with van der Waals surface area (Å²) in [6, 6.07) is 13.5. The summed E-state index contributed by atoms with van der Waals surface area (Å²) in [5.41, 5.74) is -6.53. The second kappa shape index (κ2) is 8.16. The van der Waals surface area contributed by atoms with Crippen LogP contribution >= 0.6 is 0 Å². The Labute approximate surface area is 208 Å². The van der Waals surface area contributed by atoms with Gasteiger partial charge in [-0.15, -0.1) is 0 Å². The van der Waals surface area contributed by atoms with E-state index in [0.717, 1.165) is 12.1 Å². The smallest absolute Gasteiger partial charge is 0.369 e. The van der Waals surface area contributed by atoms with E-state index in [1.165, 1.54) is 30.3 Å². The fourth-order valence-corrected chi connectivity index (χ4v) is 4.48. The average Bonchev–Trinajstić information content (AvgIpc) is 3.31. The molecular weight excluding hydrogens is 517 g/mol. The molecule has 190 valence electrons. The molecule has 4 aromatic carbocycles. The minimum Gasteiger partial charge on any atom is -0.369 e. The highest BCUT2D eigenvalue weighted by Gasteiger charge is 2.71. The van der Waals surface area contributed by atoms with Crippen LogP contribution in [0.25, 0.3) is 44.0 Å². The van der Waals surface area contributed by atoms with E-state index in [0.29, 0.717) is 12.1 Å². The van der Waals surface area contributed by atoms with E-state index in [4.69, 9.17) is 0 Å². The summed E-state index contributed by atoms with van der Waals surface area (Å²) < 4.78 is 96.2. The maximum absolute atomic E-state index is 14.7. The molecule has 0 atom stereocenters. The van der Waals surface area contributed by atoms with Crippen molar-refractivity contribution in [2.24, 2.45) is 0 Å². The monoisotopic (exact) mass is 528 g/mol. The topological polar surface area (TPSA) is 96.5 Å². The van der Waals surface area contributed by atoms with Crippen LogP contribution in [0.3, 0.4) is 0 Å². The second-order valence-electron chi connectivity index (χ2n) is 8.42. The van der Waals surface area contributed by atoms with Crippen LogP contribution in [-0.2, 0) is 5.60 Å². The van der Waals surface area contributed by atoms with Gasteiger partial charge in [0.15, 0.2) is 0 Å². The number of alkyl halides is 6. The first kappa shape index (κ1) is 25.0. The molecule has 5 aromatic rings. The zero-order valence-electron chi connectivity index (χ0n) is 18.6. The maximum Gasteiger partial charge on any atom is 0.430 e. The fraction of sp³-hybridized carbons (Fsp3) is 0.115. The number of imidazole rings is 1. The number of nitriles is 2. The Hall–Kier alpha value is -4.68. The van der Waals surface area contributed by atoms with Crippen LogP contribution in [0.4, 0.5) is 30.7 Å². The molecule has 0 aliphatic carbocycles. The minimum atomic E-state index is -6.10. The van der Waals surface area contributed by atoms with Crippen LogP contribution in [0.15, 0.2) is 54.6 Å². The molecule has 1 heterocycles. The number of aromatic amines is 1. The molecule has 0 aliphatic rings. The molecule has 2 N–H and O–H groups in total. The maximum atomic E-state index is 14.7. The summed E-state index contributed by atoms with van der Waals surface area (Å²) in [7, 11) is 0. The van der Waals surface area contributed by atoms with Gasteiger partial charge >= 0.3 is 12.4 Å². The minimum absolute atomic E-state index is 0.0575. The van der Waals surface area contributed by atoms with Crippen LogP contribution in [0.1, 0.15) is 16.7 Å². The molecule has 0 radical (unpaired) electrons. The van der Waals surface area contributed by atoms with Gasteiger partial charge in [0.2, 0.25) is 0 Å². The lowest BCUT2D eigenvalue weighted by Crippen LogP contribution is -2.53. The van der Waals surface area contributed by atoms with Gasteiger partial charge in [0, 0.05) is 16.3 Å². The Balaban J connectivity index is 1.93. The molecule has 0 saturated carbocycles. The molecular formula is C26H11F7N4O. The van der Waals surface area contributed by atoms with Gasteiger partial charge in [-0.1, -0.05) is 24.3 Å². The number of rotatable bonds is 2. The van der Waals surface area contributed by atoms with E-state index >= 15 is 0 Å². The Morgan fingerprint density at radius 1 is 0.789 bits per heavy atom. The number of H-pyrrole nitrogens is 1. The zero-order valence-corrected chi connectivity index (χ0v) is 18.6. The molecule has 38 heavy (non-hydrogen) atoms. The number of benzene rings is 4. The van der Waals surface area contributed by atoms with E-state index < -0.39 is 29.3 Å². The van der Waals surface area contributed by atoms with Gasteiger partial charge in [-0.05, 0) is 41.1 Å². The van der Waals surface area contributed by atoms with Gasteiger partial charge in [-0.25, -0.2) is 9.37 Å². The Morgan fingerprint density at radius 2 is 1.45 bits per heavy atom. The predicted molar refractivity (Wildman–Crippen MR) is 122 cm³/mol. The van der Waals surface area contributed by atoms with Gasteiger partial charge in [0.05, 0.1) is 39.9 Å². The third kappa shape index (κ3) is 3.45. The van der Waals surface area contributed by atoms with Crippen molar-refractivity contribution in [1.29, 1.82) is 10.5 Å². The van der Waals surface area contributed by atoms with E-state index in [1.807, 2.05) is 12.1 Å². The SMILES string of the molecule is N#Cc1ccc2c(c1)c1cc(C(O)(C(F)(F)F)C(F)(F)F)ccc1c1[nH]c(-c3c(F)cccc3C#N)nc21. The van der Waals surface area contributed by atoms with E-state index in [2.05, 4.69) is 9.97 Å². The van der Waals surface area contributed by atoms with Crippen LogP contribution in [0.5, 0.6) is 0 Å². The van der Waals surface area contributed by atoms with Crippen LogP contribution in [0, 0.1) is 28.5 Å². The largest absolute Gasteiger partial charge is 0.430 e. The number of hydrogen-bond donors (Lipinski definition) is 2. The number of halogens is 7. The third-order valence-electron chi connectivity index (χ3n) is 6.30. The van der Waals surface area contributed by atoms with E-state index in [9.17, 15) is 46.4 Å². The third-order valence-corrected chi connectivity index (χ3v) is 6.30. The highest BCUT2D eigenvalue weighted by molar-refractivity contribution is 6.24. The predicted octanol–water partition coefficient (Wildman–Crippen LogP) is 6.73. The fourth-order valence-electron chi connectivity index (χ4n) is 4.48. The molecule has 0 aliphatic heterocycles. The summed E-state index contributed by atoms with van der Waals surface area (Å²) in [5.74, 6) is -0.884. The van der Waals surface area contributed by atoms with Gasteiger partial charge in [0.25, 0.3) is 5.60 Å². The molecule has 1 aromatic heterocycles. The quantitative estimate of drug-likeness (QED) is 0.196. The van der Waals surface area contributed by atoms with E-state index in [1.54, 1.807) is 0 Å². The first-order valence-electron chi connectivity index (χ1n) is 10.7.